The molecule has 1 unspecified atom stereocenters. The van der Waals surface area contributed by atoms with Gasteiger partial charge in [0, 0.05) is 31.9 Å². The summed E-state index contributed by atoms with van der Waals surface area (Å²) >= 11 is 0. The smallest absolute Gasteiger partial charge is 0.332 e. The van der Waals surface area contributed by atoms with Crippen molar-refractivity contribution in [3.8, 4) is 0 Å². The molecule has 0 aliphatic carbocycles. The fourth-order valence-electron chi connectivity index (χ4n) is 4.05. The van der Waals surface area contributed by atoms with E-state index in [0.29, 0.717) is 29.2 Å². The maximum Gasteiger partial charge on any atom is 0.332 e. The third-order valence-corrected chi connectivity index (χ3v) is 5.73. The Morgan fingerprint density at radius 3 is 2.34 bits per heavy atom. The van der Waals surface area contributed by atoms with Crippen LogP contribution in [0.3, 0.4) is 0 Å². The van der Waals surface area contributed by atoms with E-state index in [-0.39, 0.29) is 11.5 Å². The predicted molar refractivity (Wildman–Crippen MR) is 120 cm³/mol. The molecule has 1 aliphatic heterocycles. The number of aromatic nitrogens is 2. The van der Waals surface area contributed by atoms with Crippen LogP contribution >= 0.6 is 0 Å². The van der Waals surface area contributed by atoms with Crippen LogP contribution in [-0.4, -0.2) is 15.0 Å². The molecule has 1 amide bonds. The first-order valence-corrected chi connectivity index (χ1v) is 10.1. The third kappa shape index (κ3) is 3.64. The molecule has 1 aromatic heterocycles. The van der Waals surface area contributed by atoms with E-state index in [2.05, 4.69) is 10.6 Å². The lowest BCUT2D eigenvalue weighted by molar-refractivity contribution is -0.117. The van der Waals surface area contributed by atoms with Crippen molar-refractivity contribution < 1.29 is 9.18 Å². The third-order valence-electron chi connectivity index (χ3n) is 5.73. The Morgan fingerprint density at radius 2 is 1.69 bits per heavy atom. The van der Waals surface area contributed by atoms with Gasteiger partial charge >= 0.3 is 5.69 Å². The first-order chi connectivity index (χ1) is 15.3. The van der Waals surface area contributed by atoms with Gasteiger partial charge in [0.15, 0.2) is 0 Å². The maximum absolute atomic E-state index is 13.6. The van der Waals surface area contributed by atoms with Gasteiger partial charge in [-0.15, -0.1) is 0 Å². The lowest BCUT2D eigenvalue weighted by atomic mass is 9.81. The summed E-state index contributed by atoms with van der Waals surface area (Å²) in [6.45, 7) is 2.03. The number of nitrogens with one attached hydrogen (secondary N) is 2. The van der Waals surface area contributed by atoms with Crippen LogP contribution in [0.25, 0.3) is 0 Å². The molecule has 0 radical (unpaired) electrons. The number of amides is 1. The number of halogens is 1. The van der Waals surface area contributed by atoms with E-state index in [9.17, 15) is 18.8 Å². The van der Waals surface area contributed by atoms with Gasteiger partial charge in [-0.1, -0.05) is 42.5 Å². The van der Waals surface area contributed by atoms with Crippen molar-refractivity contribution in [1.29, 1.82) is 0 Å². The average molecular weight is 434 g/mol. The van der Waals surface area contributed by atoms with Gasteiger partial charge in [0.2, 0.25) is 5.91 Å². The standard InChI is InChI=1S/C24H23FN4O3/c1-14-18(22(30)26-13-15-7-5-4-6-8-15)19(16-9-11-17(25)12-10-16)20-21(27-14)28(2)24(32)29(3)23(20)31/h4-12,19,27H,13H2,1-3H3,(H,26,30). The van der Waals surface area contributed by atoms with E-state index in [1.165, 1.54) is 23.7 Å². The highest BCUT2D eigenvalue weighted by molar-refractivity contribution is 5.98. The molecule has 2 aromatic carbocycles. The lowest BCUT2D eigenvalue weighted by Crippen LogP contribution is -2.44. The second-order valence-electron chi connectivity index (χ2n) is 7.78. The second kappa shape index (κ2) is 8.30. The Labute approximate surface area is 183 Å². The number of carbonyl (C=O) groups excluding carboxylic acids is 1. The van der Waals surface area contributed by atoms with Crippen LogP contribution in [0.2, 0.25) is 0 Å². The van der Waals surface area contributed by atoms with Crippen molar-refractivity contribution in [3.63, 3.8) is 0 Å². The number of fused-ring (bicyclic) bond motifs is 1. The molecule has 1 aliphatic rings. The Morgan fingerprint density at radius 1 is 1.03 bits per heavy atom. The zero-order chi connectivity index (χ0) is 23.0. The van der Waals surface area contributed by atoms with Gasteiger partial charge in [0.05, 0.1) is 11.5 Å². The van der Waals surface area contributed by atoms with Crippen molar-refractivity contribution in [2.45, 2.75) is 19.4 Å². The number of rotatable bonds is 4. The van der Waals surface area contributed by atoms with Crippen LogP contribution < -0.4 is 21.9 Å². The molecule has 2 heterocycles. The highest BCUT2D eigenvalue weighted by Gasteiger charge is 2.36. The van der Waals surface area contributed by atoms with Gasteiger partial charge in [0.25, 0.3) is 5.56 Å². The van der Waals surface area contributed by atoms with E-state index in [1.54, 1.807) is 26.1 Å². The van der Waals surface area contributed by atoms with Gasteiger partial charge < -0.3 is 10.6 Å². The summed E-state index contributed by atoms with van der Waals surface area (Å²) in [5.74, 6) is -1.22. The van der Waals surface area contributed by atoms with Gasteiger partial charge in [-0.3, -0.25) is 18.7 Å². The molecular weight excluding hydrogens is 411 g/mol. The summed E-state index contributed by atoms with van der Waals surface area (Å²) in [5, 5.41) is 5.98. The van der Waals surface area contributed by atoms with Crippen molar-refractivity contribution >= 4 is 11.7 Å². The minimum Gasteiger partial charge on any atom is -0.348 e. The molecule has 164 valence electrons. The monoisotopic (exact) mass is 434 g/mol. The number of nitrogens with zero attached hydrogens (tertiary/aromatic N) is 2. The molecule has 32 heavy (non-hydrogen) atoms. The lowest BCUT2D eigenvalue weighted by Gasteiger charge is -2.31. The molecular formula is C24H23FN4O3. The fraction of sp³-hybridized carbons (Fsp3) is 0.208. The highest BCUT2D eigenvalue weighted by Crippen LogP contribution is 2.39. The van der Waals surface area contributed by atoms with Crippen LogP contribution in [0.4, 0.5) is 10.2 Å². The molecule has 4 rings (SSSR count). The number of hydrogen-bond donors (Lipinski definition) is 2. The number of hydrogen-bond acceptors (Lipinski definition) is 4. The molecule has 3 aromatic rings. The van der Waals surface area contributed by atoms with E-state index in [1.807, 2.05) is 30.3 Å². The molecule has 7 nitrogen and oxygen atoms in total. The number of anilines is 1. The van der Waals surface area contributed by atoms with Crippen LogP contribution in [0.5, 0.6) is 0 Å². The zero-order valence-electron chi connectivity index (χ0n) is 18.0. The first-order valence-electron chi connectivity index (χ1n) is 10.1. The largest absolute Gasteiger partial charge is 0.348 e. The number of benzene rings is 2. The summed E-state index contributed by atoms with van der Waals surface area (Å²) in [6.07, 6.45) is 0. The van der Waals surface area contributed by atoms with E-state index in [0.717, 1.165) is 10.1 Å². The van der Waals surface area contributed by atoms with Crippen LogP contribution in [0.1, 0.15) is 29.5 Å². The SMILES string of the molecule is CC1=C(C(=O)NCc2ccccc2)C(c2ccc(F)cc2)c2c(n(C)c(=O)n(C)c2=O)N1. The van der Waals surface area contributed by atoms with Crippen molar-refractivity contribution in [2.75, 3.05) is 5.32 Å². The normalized spacial score (nSPS) is 15.2. The molecule has 8 heteroatoms. The summed E-state index contributed by atoms with van der Waals surface area (Å²) in [5.41, 5.74) is 1.64. The summed E-state index contributed by atoms with van der Waals surface area (Å²) in [4.78, 5) is 39.0. The number of carbonyl (C=O) groups is 1. The van der Waals surface area contributed by atoms with Crippen LogP contribution in [0, 0.1) is 5.82 Å². The molecule has 2 N–H and O–H groups in total. The zero-order valence-corrected chi connectivity index (χ0v) is 18.0. The van der Waals surface area contributed by atoms with Crippen LogP contribution in [-0.2, 0) is 25.4 Å². The summed E-state index contributed by atoms with van der Waals surface area (Å²) < 4.78 is 16.0. The maximum atomic E-state index is 13.6. The molecule has 0 spiro atoms. The summed E-state index contributed by atoms with van der Waals surface area (Å²) in [7, 11) is 2.95. The second-order valence-corrected chi connectivity index (χ2v) is 7.78. The highest BCUT2D eigenvalue weighted by atomic mass is 19.1. The van der Waals surface area contributed by atoms with Gasteiger partial charge in [-0.25, -0.2) is 9.18 Å². The predicted octanol–water partition coefficient (Wildman–Crippen LogP) is 2.37. The summed E-state index contributed by atoms with van der Waals surface area (Å²) in [6, 6.07) is 15.2. The number of allylic oxidation sites excluding steroid dienone is 1. The Kier molecular flexibility index (Phi) is 5.52. The average Bonchev–Trinajstić information content (AvgIpc) is 2.80. The van der Waals surface area contributed by atoms with Crippen LogP contribution in [0.15, 0.2) is 75.5 Å². The van der Waals surface area contributed by atoms with Gasteiger partial charge in [0.1, 0.15) is 11.6 Å². The fourth-order valence-corrected chi connectivity index (χ4v) is 4.05. The molecule has 0 fully saturated rings. The minimum absolute atomic E-state index is 0.261. The van der Waals surface area contributed by atoms with E-state index in [4.69, 9.17) is 0 Å². The quantitative estimate of drug-likeness (QED) is 0.660. The van der Waals surface area contributed by atoms with Gasteiger partial charge in [-0.2, -0.15) is 0 Å². The Balaban J connectivity index is 1.86. The molecule has 1 atom stereocenters. The molecule has 0 saturated heterocycles. The molecule has 0 bridgehead atoms. The van der Waals surface area contributed by atoms with E-state index < -0.39 is 23.0 Å². The van der Waals surface area contributed by atoms with E-state index >= 15 is 0 Å². The van der Waals surface area contributed by atoms with Crippen molar-refractivity contribution in [1.82, 2.24) is 14.5 Å². The Bertz CT molecular complexity index is 1340. The molecule has 0 saturated carbocycles. The topological polar surface area (TPSA) is 85.1 Å². The van der Waals surface area contributed by atoms with Gasteiger partial charge in [-0.05, 0) is 30.2 Å². The van der Waals surface area contributed by atoms with Crippen molar-refractivity contribution in [3.05, 3.63) is 109 Å². The first kappa shape index (κ1) is 21.3. The minimum atomic E-state index is -0.770. The Hall–Kier alpha value is -3.94. The van der Waals surface area contributed by atoms with Crippen molar-refractivity contribution in [2.24, 2.45) is 14.1 Å².